The minimum atomic E-state index is -4.33. The molecule has 0 aliphatic rings. The Morgan fingerprint density at radius 3 is 2.44 bits per heavy atom. The Hall–Kier alpha value is -0.780. The molecule has 6 heteroatoms. The molecule has 0 bridgehead atoms. The van der Waals surface area contributed by atoms with Crippen LogP contribution in [-0.4, -0.2) is 17.8 Å². The van der Waals surface area contributed by atoms with E-state index in [9.17, 15) is 13.2 Å². The van der Waals surface area contributed by atoms with Crippen LogP contribution in [0.2, 0.25) is 0 Å². The predicted octanol–water partition coefficient (Wildman–Crippen LogP) is 1.99. The van der Waals surface area contributed by atoms with Crippen LogP contribution in [0.1, 0.15) is 11.1 Å². The second-order valence-electron chi connectivity index (χ2n) is 3.34. The Labute approximate surface area is 97.7 Å². The largest absolute Gasteiger partial charge is 0.416 e. The lowest BCUT2D eigenvalue weighted by Gasteiger charge is -2.11. The molecule has 1 aromatic rings. The Kier molecular flexibility index (Phi) is 5.78. The summed E-state index contributed by atoms with van der Waals surface area (Å²) in [6.07, 6.45) is -4.10. The predicted molar refractivity (Wildman–Crippen MR) is 57.5 cm³/mol. The number of alkyl halides is 3. The molecule has 1 atom stereocenters. The normalized spacial score (nSPS) is 13.1. The maximum atomic E-state index is 12.3. The molecule has 0 heterocycles. The zero-order valence-corrected chi connectivity index (χ0v) is 9.18. The Bertz CT molecular complexity index is 330. The average molecular weight is 256 g/mol. The minimum Gasteiger partial charge on any atom is -0.395 e. The smallest absolute Gasteiger partial charge is 0.395 e. The number of aliphatic hydroxyl groups is 1. The Balaban J connectivity index is 0.00000225. The number of hydrogen-bond donors (Lipinski definition) is 2. The summed E-state index contributed by atoms with van der Waals surface area (Å²) in [7, 11) is 0. The highest BCUT2D eigenvalue weighted by molar-refractivity contribution is 5.85. The lowest BCUT2D eigenvalue weighted by atomic mass is 10.0. The third-order valence-electron chi connectivity index (χ3n) is 1.99. The SMILES string of the molecule is Cl.N[C@@H](CO)Cc1cccc(C(F)(F)F)c1. The van der Waals surface area contributed by atoms with Crippen molar-refractivity contribution in [3.8, 4) is 0 Å². The van der Waals surface area contributed by atoms with Crippen LogP contribution in [0.3, 0.4) is 0 Å². The van der Waals surface area contributed by atoms with Gasteiger partial charge in [-0.1, -0.05) is 18.2 Å². The van der Waals surface area contributed by atoms with Crippen LogP contribution in [0.25, 0.3) is 0 Å². The van der Waals surface area contributed by atoms with E-state index in [2.05, 4.69) is 0 Å². The quantitative estimate of drug-likeness (QED) is 0.868. The van der Waals surface area contributed by atoms with E-state index in [1.165, 1.54) is 6.07 Å². The van der Waals surface area contributed by atoms with Gasteiger partial charge in [-0.2, -0.15) is 13.2 Å². The molecular formula is C10H13ClF3NO. The van der Waals surface area contributed by atoms with Crippen molar-refractivity contribution in [3.05, 3.63) is 35.4 Å². The van der Waals surface area contributed by atoms with Gasteiger partial charge in [-0.3, -0.25) is 0 Å². The van der Waals surface area contributed by atoms with Gasteiger partial charge in [0.2, 0.25) is 0 Å². The Morgan fingerprint density at radius 1 is 1.31 bits per heavy atom. The summed E-state index contributed by atoms with van der Waals surface area (Å²) in [6, 6.07) is 4.43. The van der Waals surface area contributed by atoms with Gasteiger partial charge in [0.25, 0.3) is 0 Å². The number of halogens is 4. The van der Waals surface area contributed by atoms with E-state index in [4.69, 9.17) is 10.8 Å². The second-order valence-corrected chi connectivity index (χ2v) is 3.34. The van der Waals surface area contributed by atoms with E-state index < -0.39 is 17.8 Å². The molecule has 0 aromatic heterocycles. The zero-order chi connectivity index (χ0) is 11.5. The molecule has 92 valence electrons. The Morgan fingerprint density at radius 2 is 1.94 bits per heavy atom. The monoisotopic (exact) mass is 255 g/mol. The third-order valence-corrected chi connectivity index (χ3v) is 1.99. The number of benzene rings is 1. The van der Waals surface area contributed by atoms with Crippen LogP contribution in [0.15, 0.2) is 24.3 Å². The van der Waals surface area contributed by atoms with E-state index in [1.807, 2.05) is 0 Å². The van der Waals surface area contributed by atoms with Crippen LogP contribution in [-0.2, 0) is 12.6 Å². The van der Waals surface area contributed by atoms with Crippen LogP contribution >= 0.6 is 12.4 Å². The summed E-state index contributed by atoms with van der Waals surface area (Å²) in [5.41, 5.74) is 5.22. The standard InChI is InChI=1S/C10H12F3NO.ClH/c11-10(12,13)8-3-1-2-7(4-8)5-9(14)6-15;/h1-4,9,15H,5-6,14H2;1H/t9-;/m1./s1. The van der Waals surface area contributed by atoms with Gasteiger partial charge in [0, 0.05) is 6.04 Å². The third kappa shape index (κ3) is 4.38. The fraction of sp³-hybridized carbons (Fsp3) is 0.400. The molecular weight excluding hydrogens is 243 g/mol. The number of rotatable bonds is 3. The highest BCUT2D eigenvalue weighted by atomic mass is 35.5. The number of aliphatic hydroxyl groups excluding tert-OH is 1. The zero-order valence-electron chi connectivity index (χ0n) is 8.37. The summed E-state index contributed by atoms with van der Waals surface area (Å²) in [5, 5.41) is 8.68. The van der Waals surface area contributed by atoms with Gasteiger partial charge in [-0.25, -0.2) is 0 Å². The molecule has 0 radical (unpaired) electrons. The highest BCUT2D eigenvalue weighted by Crippen LogP contribution is 2.29. The van der Waals surface area contributed by atoms with Crippen LogP contribution < -0.4 is 5.73 Å². The van der Waals surface area contributed by atoms with E-state index in [1.54, 1.807) is 6.07 Å². The van der Waals surface area contributed by atoms with E-state index in [0.717, 1.165) is 12.1 Å². The molecule has 0 aliphatic carbocycles. The van der Waals surface area contributed by atoms with E-state index >= 15 is 0 Å². The average Bonchev–Trinajstić information content (AvgIpc) is 2.17. The molecule has 0 unspecified atom stereocenters. The molecule has 3 N–H and O–H groups in total. The van der Waals surface area contributed by atoms with E-state index in [-0.39, 0.29) is 25.4 Å². The molecule has 0 spiro atoms. The maximum Gasteiger partial charge on any atom is 0.416 e. The van der Waals surface area contributed by atoms with Gasteiger partial charge in [-0.05, 0) is 18.1 Å². The van der Waals surface area contributed by atoms with Gasteiger partial charge >= 0.3 is 6.18 Å². The first kappa shape index (κ1) is 15.2. The first-order valence-electron chi connectivity index (χ1n) is 4.46. The van der Waals surface area contributed by atoms with Gasteiger partial charge in [0.05, 0.1) is 12.2 Å². The van der Waals surface area contributed by atoms with Crippen LogP contribution in [0.4, 0.5) is 13.2 Å². The first-order valence-corrected chi connectivity index (χ1v) is 4.46. The molecule has 0 fully saturated rings. The van der Waals surface area contributed by atoms with Gasteiger partial charge in [-0.15, -0.1) is 12.4 Å². The van der Waals surface area contributed by atoms with Crippen molar-refractivity contribution in [3.63, 3.8) is 0 Å². The summed E-state index contributed by atoms with van der Waals surface area (Å²) >= 11 is 0. The minimum absolute atomic E-state index is 0. The topological polar surface area (TPSA) is 46.2 Å². The molecule has 0 amide bonds. The second kappa shape index (κ2) is 6.08. The molecule has 0 aliphatic heterocycles. The fourth-order valence-corrected chi connectivity index (χ4v) is 1.24. The molecule has 1 rings (SSSR count). The van der Waals surface area contributed by atoms with Gasteiger partial charge in [0.15, 0.2) is 0 Å². The van der Waals surface area contributed by atoms with Gasteiger partial charge < -0.3 is 10.8 Å². The number of nitrogens with two attached hydrogens (primary N) is 1. The molecule has 0 saturated carbocycles. The van der Waals surface area contributed by atoms with Crippen molar-refractivity contribution in [1.82, 2.24) is 0 Å². The van der Waals surface area contributed by atoms with Crippen molar-refractivity contribution < 1.29 is 18.3 Å². The molecule has 0 saturated heterocycles. The molecule has 2 nitrogen and oxygen atoms in total. The molecule has 16 heavy (non-hydrogen) atoms. The van der Waals surface area contributed by atoms with Crippen LogP contribution in [0, 0.1) is 0 Å². The summed E-state index contributed by atoms with van der Waals surface area (Å²) in [5.74, 6) is 0. The lowest BCUT2D eigenvalue weighted by molar-refractivity contribution is -0.137. The maximum absolute atomic E-state index is 12.3. The van der Waals surface area contributed by atoms with Gasteiger partial charge in [0.1, 0.15) is 0 Å². The van der Waals surface area contributed by atoms with Crippen molar-refractivity contribution in [1.29, 1.82) is 0 Å². The lowest BCUT2D eigenvalue weighted by Crippen LogP contribution is -2.26. The van der Waals surface area contributed by atoms with Crippen molar-refractivity contribution >= 4 is 12.4 Å². The highest BCUT2D eigenvalue weighted by Gasteiger charge is 2.30. The summed E-state index contributed by atoms with van der Waals surface area (Å²) in [4.78, 5) is 0. The van der Waals surface area contributed by atoms with E-state index in [0.29, 0.717) is 5.56 Å². The van der Waals surface area contributed by atoms with Crippen molar-refractivity contribution in [2.45, 2.75) is 18.6 Å². The fourth-order valence-electron chi connectivity index (χ4n) is 1.24. The summed E-state index contributed by atoms with van der Waals surface area (Å²) in [6.45, 7) is -0.240. The van der Waals surface area contributed by atoms with Crippen molar-refractivity contribution in [2.75, 3.05) is 6.61 Å². The first-order chi connectivity index (χ1) is 6.93. The van der Waals surface area contributed by atoms with Crippen molar-refractivity contribution in [2.24, 2.45) is 5.73 Å². The number of hydrogen-bond acceptors (Lipinski definition) is 2. The van der Waals surface area contributed by atoms with Crippen LogP contribution in [0.5, 0.6) is 0 Å². The molecule has 1 aromatic carbocycles. The summed E-state index contributed by atoms with van der Waals surface area (Å²) < 4.78 is 36.9.